The Labute approximate surface area is 77.3 Å². The number of hydroxylamine groups is 1. The number of nitrogens with one attached hydrogen (secondary N) is 1. The predicted octanol–water partition coefficient (Wildman–Crippen LogP) is 1.22. The van der Waals surface area contributed by atoms with E-state index < -0.39 is 0 Å². The van der Waals surface area contributed by atoms with E-state index in [4.69, 9.17) is 5.21 Å². The summed E-state index contributed by atoms with van der Waals surface area (Å²) in [4.78, 5) is 8.08. The minimum Gasteiger partial charge on any atom is -0.290 e. The zero-order chi connectivity index (χ0) is 9.52. The third-order valence-electron chi connectivity index (χ3n) is 1.53. The second-order valence-electron chi connectivity index (χ2n) is 2.58. The van der Waals surface area contributed by atoms with Crippen molar-refractivity contribution in [3.05, 3.63) is 30.1 Å². The number of rotatable bonds is 3. The molecule has 70 valence electrons. The molecule has 0 fully saturated rings. The standard InChI is InChI=1S/C9H13N3O/c1-2-5-11-9(12-13)8-4-3-6-10-7-8/h3-4,6-7,13H,2,5H2,1H3,(H,11,12). The number of amidine groups is 1. The fraction of sp³-hybridized carbons (Fsp3) is 0.333. The number of hydrogen-bond acceptors (Lipinski definition) is 3. The molecule has 0 saturated heterocycles. The lowest BCUT2D eigenvalue weighted by Crippen LogP contribution is -2.20. The topological polar surface area (TPSA) is 57.5 Å². The Hall–Kier alpha value is -1.42. The number of aromatic nitrogens is 1. The van der Waals surface area contributed by atoms with Crippen molar-refractivity contribution in [1.29, 1.82) is 0 Å². The quantitative estimate of drug-likeness (QED) is 0.416. The van der Waals surface area contributed by atoms with Gasteiger partial charge in [0, 0.05) is 24.5 Å². The van der Waals surface area contributed by atoms with Crippen molar-refractivity contribution >= 4 is 5.84 Å². The van der Waals surface area contributed by atoms with Gasteiger partial charge < -0.3 is 0 Å². The van der Waals surface area contributed by atoms with Gasteiger partial charge in [-0.15, -0.1) is 0 Å². The maximum absolute atomic E-state index is 8.80. The van der Waals surface area contributed by atoms with Gasteiger partial charge in [-0.2, -0.15) is 0 Å². The van der Waals surface area contributed by atoms with Gasteiger partial charge in [-0.1, -0.05) is 6.92 Å². The van der Waals surface area contributed by atoms with Gasteiger partial charge in [0.2, 0.25) is 0 Å². The zero-order valence-corrected chi connectivity index (χ0v) is 7.57. The summed E-state index contributed by atoms with van der Waals surface area (Å²) in [5.74, 6) is 0.468. The summed E-state index contributed by atoms with van der Waals surface area (Å²) < 4.78 is 0. The summed E-state index contributed by atoms with van der Waals surface area (Å²) in [6.07, 6.45) is 4.28. The van der Waals surface area contributed by atoms with Crippen LogP contribution in [0.1, 0.15) is 18.9 Å². The van der Waals surface area contributed by atoms with Crippen molar-refractivity contribution < 1.29 is 5.21 Å². The molecular weight excluding hydrogens is 166 g/mol. The van der Waals surface area contributed by atoms with E-state index in [0.717, 1.165) is 12.0 Å². The lowest BCUT2D eigenvalue weighted by atomic mass is 10.2. The number of hydrogen-bond donors (Lipinski definition) is 2. The molecular formula is C9H13N3O. The lowest BCUT2D eigenvalue weighted by molar-refractivity contribution is 0.234. The molecule has 13 heavy (non-hydrogen) atoms. The number of pyridine rings is 1. The van der Waals surface area contributed by atoms with Gasteiger partial charge in [0.15, 0.2) is 5.84 Å². The summed E-state index contributed by atoms with van der Waals surface area (Å²) in [5, 5.41) is 8.80. The second-order valence-corrected chi connectivity index (χ2v) is 2.58. The lowest BCUT2D eigenvalue weighted by Gasteiger charge is -2.02. The Bertz CT molecular complexity index is 271. The molecule has 0 saturated carbocycles. The van der Waals surface area contributed by atoms with Gasteiger partial charge >= 0.3 is 0 Å². The van der Waals surface area contributed by atoms with Crippen LogP contribution in [-0.4, -0.2) is 22.6 Å². The first kappa shape index (κ1) is 9.67. The number of aliphatic imine (C=N–C) groups is 1. The second kappa shape index (κ2) is 5.27. The first-order valence-electron chi connectivity index (χ1n) is 4.23. The fourth-order valence-corrected chi connectivity index (χ4v) is 0.918. The van der Waals surface area contributed by atoms with E-state index in [1.807, 2.05) is 13.0 Å². The molecule has 0 spiro atoms. The van der Waals surface area contributed by atoms with E-state index in [9.17, 15) is 0 Å². The summed E-state index contributed by atoms with van der Waals surface area (Å²) in [6.45, 7) is 2.72. The van der Waals surface area contributed by atoms with E-state index >= 15 is 0 Å². The van der Waals surface area contributed by atoms with E-state index in [2.05, 4.69) is 15.5 Å². The summed E-state index contributed by atoms with van der Waals surface area (Å²) >= 11 is 0. The molecule has 1 aromatic heterocycles. The van der Waals surface area contributed by atoms with E-state index in [0.29, 0.717) is 12.4 Å². The van der Waals surface area contributed by atoms with E-state index in [1.165, 1.54) is 0 Å². The van der Waals surface area contributed by atoms with Crippen LogP contribution in [0.4, 0.5) is 0 Å². The molecule has 0 aromatic carbocycles. The van der Waals surface area contributed by atoms with Crippen molar-refractivity contribution in [3.63, 3.8) is 0 Å². The molecule has 2 N–H and O–H groups in total. The molecule has 1 rings (SSSR count). The number of nitrogens with zero attached hydrogens (tertiary/aromatic N) is 2. The largest absolute Gasteiger partial charge is 0.290 e. The Morgan fingerprint density at radius 1 is 1.69 bits per heavy atom. The molecule has 0 aliphatic heterocycles. The minimum absolute atomic E-state index is 0.468. The van der Waals surface area contributed by atoms with Crippen LogP contribution in [0.15, 0.2) is 29.5 Å². The average molecular weight is 179 g/mol. The van der Waals surface area contributed by atoms with Crippen molar-refractivity contribution in [2.45, 2.75) is 13.3 Å². The molecule has 4 heteroatoms. The van der Waals surface area contributed by atoms with Gasteiger partial charge in [-0.3, -0.25) is 20.7 Å². The summed E-state index contributed by atoms with van der Waals surface area (Å²) in [6, 6.07) is 3.64. The Balaban J connectivity index is 2.78. The Morgan fingerprint density at radius 3 is 3.08 bits per heavy atom. The SMILES string of the molecule is CCCN=C(NO)c1cccnc1. The zero-order valence-electron chi connectivity index (χ0n) is 7.57. The summed E-state index contributed by atoms with van der Waals surface area (Å²) in [7, 11) is 0. The molecule has 0 atom stereocenters. The average Bonchev–Trinajstić information content (AvgIpc) is 2.21. The van der Waals surface area contributed by atoms with Gasteiger partial charge in [-0.25, -0.2) is 0 Å². The van der Waals surface area contributed by atoms with Crippen LogP contribution in [0.3, 0.4) is 0 Å². The highest BCUT2D eigenvalue weighted by atomic mass is 16.5. The highest BCUT2D eigenvalue weighted by molar-refractivity contribution is 5.97. The highest BCUT2D eigenvalue weighted by Crippen LogP contribution is 1.96. The maximum atomic E-state index is 8.80. The first-order chi connectivity index (χ1) is 6.38. The molecule has 0 bridgehead atoms. The third kappa shape index (κ3) is 2.83. The molecule has 0 unspecified atom stereocenters. The van der Waals surface area contributed by atoms with Crippen LogP contribution in [0.25, 0.3) is 0 Å². The van der Waals surface area contributed by atoms with Crippen LogP contribution in [0.5, 0.6) is 0 Å². The normalized spacial score (nSPS) is 11.4. The third-order valence-corrected chi connectivity index (χ3v) is 1.53. The van der Waals surface area contributed by atoms with Crippen LogP contribution in [0.2, 0.25) is 0 Å². The smallest absolute Gasteiger partial charge is 0.153 e. The minimum atomic E-state index is 0.468. The summed E-state index contributed by atoms with van der Waals surface area (Å²) in [5.41, 5.74) is 2.85. The van der Waals surface area contributed by atoms with Crippen LogP contribution >= 0.6 is 0 Å². The molecule has 0 amide bonds. The van der Waals surface area contributed by atoms with E-state index in [-0.39, 0.29) is 0 Å². The Kier molecular flexibility index (Phi) is 3.92. The Morgan fingerprint density at radius 2 is 2.54 bits per heavy atom. The maximum Gasteiger partial charge on any atom is 0.153 e. The molecule has 0 radical (unpaired) electrons. The first-order valence-corrected chi connectivity index (χ1v) is 4.23. The molecule has 4 nitrogen and oxygen atoms in total. The van der Waals surface area contributed by atoms with E-state index in [1.54, 1.807) is 18.5 Å². The van der Waals surface area contributed by atoms with Crippen LogP contribution < -0.4 is 5.48 Å². The van der Waals surface area contributed by atoms with Gasteiger partial charge in [-0.05, 0) is 18.6 Å². The van der Waals surface area contributed by atoms with Crippen LogP contribution in [0, 0.1) is 0 Å². The van der Waals surface area contributed by atoms with Crippen LogP contribution in [-0.2, 0) is 0 Å². The highest BCUT2D eigenvalue weighted by Gasteiger charge is 1.99. The van der Waals surface area contributed by atoms with Gasteiger partial charge in [0.05, 0.1) is 0 Å². The molecule has 0 aliphatic carbocycles. The van der Waals surface area contributed by atoms with Crippen molar-refractivity contribution in [3.8, 4) is 0 Å². The van der Waals surface area contributed by atoms with Gasteiger partial charge in [0.25, 0.3) is 0 Å². The fourth-order valence-electron chi connectivity index (χ4n) is 0.918. The molecule has 0 aliphatic rings. The monoisotopic (exact) mass is 179 g/mol. The van der Waals surface area contributed by atoms with Gasteiger partial charge in [0.1, 0.15) is 0 Å². The van der Waals surface area contributed by atoms with Crippen molar-refractivity contribution in [1.82, 2.24) is 10.5 Å². The molecule has 1 aromatic rings. The van der Waals surface area contributed by atoms with Crippen molar-refractivity contribution in [2.24, 2.45) is 4.99 Å². The van der Waals surface area contributed by atoms with Crippen molar-refractivity contribution in [2.75, 3.05) is 6.54 Å². The predicted molar refractivity (Wildman–Crippen MR) is 50.9 cm³/mol. The molecule has 1 heterocycles.